The monoisotopic (exact) mass is 392 g/mol. The van der Waals surface area contributed by atoms with Gasteiger partial charge in [-0.1, -0.05) is 12.1 Å². The van der Waals surface area contributed by atoms with Gasteiger partial charge in [0.1, 0.15) is 0 Å². The van der Waals surface area contributed by atoms with Crippen LogP contribution in [0, 0.1) is 0 Å². The van der Waals surface area contributed by atoms with Crippen LogP contribution in [0.15, 0.2) is 58.1 Å². The van der Waals surface area contributed by atoms with E-state index in [2.05, 4.69) is 15.6 Å². The first-order valence-corrected chi connectivity index (χ1v) is 9.44. The van der Waals surface area contributed by atoms with Crippen molar-refractivity contribution in [2.45, 2.75) is 31.8 Å². The number of nitrogens with one attached hydrogen (secondary N) is 3. The maximum absolute atomic E-state index is 12.3. The Hall–Kier alpha value is -3.68. The maximum Gasteiger partial charge on any atom is 0.328 e. The molecule has 1 aliphatic rings. The zero-order valence-electron chi connectivity index (χ0n) is 15.6. The molecule has 8 heteroatoms. The summed E-state index contributed by atoms with van der Waals surface area (Å²) in [6, 6.07) is 13.7. The van der Waals surface area contributed by atoms with Crippen LogP contribution in [0.1, 0.15) is 29.6 Å². The SMILES string of the molecule is O=C(CCn1c(=O)[nH]c(=O)c2ccccc21)Nc1ccc(C(=O)NC2CC2)cc1. The fourth-order valence-electron chi connectivity index (χ4n) is 3.10. The Morgan fingerprint density at radius 3 is 2.48 bits per heavy atom. The third-order valence-corrected chi connectivity index (χ3v) is 4.81. The lowest BCUT2D eigenvalue weighted by Crippen LogP contribution is -2.31. The number of rotatable bonds is 6. The van der Waals surface area contributed by atoms with Crippen molar-refractivity contribution in [3.63, 3.8) is 0 Å². The number of anilines is 1. The van der Waals surface area contributed by atoms with E-state index in [0.29, 0.717) is 22.2 Å². The first kappa shape index (κ1) is 18.7. The van der Waals surface area contributed by atoms with Gasteiger partial charge in [-0.2, -0.15) is 0 Å². The molecular weight excluding hydrogens is 372 g/mol. The number of fused-ring (bicyclic) bond motifs is 1. The number of benzene rings is 2. The lowest BCUT2D eigenvalue weighted by molar-refractivity contribution is -0.116. The number of hydrogen-bond donors (Lipinski definition) is 3. The molecule has 0 atom stereocenters. The van der Waals surface area contributed by atoms with Gasteiger partial charge in [0.05, 0.1) is 10.9 Å². The Morgan fingerprint density at radius 2 is 1.76 bits per heavy atom. The molecule has 8 nitrogen and oxygen atoms in total. The first-order valence-electron chi connectivity index (χ1n) is 9.44. The highest BCUT2D eigenvalue weighted by Crippen LogP contribution is 2.19. The third kappa shape index (κ3) is 4.26. The van der Waals surface area contributed by atoms with Gasteiger partial charge in [0, 0.05) is 30.3 Å². The Balaban J connectivity index is 1.40. The number of carbonyl (C=O) groups is 2. The predicted octanol–water partition coefficient (Wildman–Crippen LogP) is 1.61. The minimum absolute atomic E-state index is 0.0554. The van der Waals surface area contributed by atoms with Gasteiger partial charge in [0.2, 0.25) is 5.91 Å². The molecule has 0 saturated heterocycles. The van der Waals surface area contributed by atoms with Gasteiger partial charge in [-0.3, -0.25) is 23.9 Å². The van der Waals surface area contributed by atoms with E-state index in [-0.39, 0.29) is 30.8 Å². The molecule has 1 heterocycles. The normalized spacial score (nSPS) is 13.2. The molecule has 4 rings (SSSR count). The highest BCUT2D eigenvalue weighted by molar-refractivity contribution is 5.96. The average Bonchev–Trinajstić information content (AvgIpc) is 3.52. The van der Waals surface area contributed by atoms with E-state index in [4.69, 9.17) is 0 Å². The number of aromatic nitrogens is 2. The van der Waals surface area contributed by atoms with E-state index in [1.165, 1.54) is 4.57 Å². The lowest BCUT2D eigenvalue weighted by atomic mass is 10.2. The summed E-state index contributed by atoms with van der Waals surface area (Å²) in [5.41, 5.74) is 0.600. The van der Waals surface area contributed by atoms with Gasteiger partial charge >= 0.3 is 5.69 Å². The average molecular weight is 392 g/mol. The summed E-state index contributed by atoms with van der Waals surface area (Å²) in [4.78, 5) is 50.6. The van der Waals surface area contributed by atoms with E-state index in [1.54, 1.807) is 48.5 Å². The number of nitrogens with zero attached hydrogens (tertiary/aromatic N) is 1. The quantitative estimate of drug-likeness (QED) is 0.591. The second kappa shape index (κ2) is 7.75. The summed E-state index contributed by atoms with van der Waals surface area (Å²) in [6.45, 7) is 0.129. The lowest BCUT2D eigenvalue weighted by Gasteiger charge is -2.10. The molecule has 0 unspecified atom stereocenters. The summed E-state index contributed by atoms with van der Waals surface area (Å²) >= 11 is 0. The predicted molar refractivity (Wildman–Crippen MR) is 109 cm³/mol. The van der Waals surface area contributed by atoms with Crippen LogP contribution in [0.5, 0.6) is 0 Å². The molecule has 3 N–H and O–H groups in total. The summed E-state index contributed by atoms with van der Waals surface area (Å²) in [5, 5.41) is 6.06. The van der Waals surface area contributed by atoms with Gasteiger partial charge < -0.3 is 10.6 Å². The molecule has 1 fully saturated rings. The summed E-state index contributed by atoms with van der Waals surface area (Å²) in [5.74, 6) is -0.392. The van der Waals surface area contributed by atoms with Crippen molar-refractivity contribution in [2.75, 3.05) is 5.32 Å². The fraction of sp³-hybridized carbons (Fsp3) is 0.238. The van der Waals surface area contributed by atoms with Crippen LogP contribution in [0.25, 0.3) is 10.9 Å². The van der Waals surface area contributed by atoms with Gasteiger partial charge in [-0.25, -0.2) is 4.79 Å². The molecular formula is C21H20N4O4. The molecule has 1 aromatic heterocycles. The maximum atomic E-state index is 12.3. The number of amides is 2. The van der Waals surface area contributed by atoms with E-state index in [1.807, 2.05) is 0 Å². The fourth-order valence-corrected chi connectivity index (χ4v) is 3.10. The zero-order chi connectivity index (χ0) is 20.4. The molecule has 29 heavy (non-hydrogen) atoms. The molecule has 148 valence electrons. The molecule has 3 aromatic rings. The molecule has 2 aromatic carbocycles. The van der Waals surface area contributed by atoms with Crippen LogP contribution >= 0.6 is 0 Å². The number of carbonyl (C=O) groups excluding carboxylic acids is 2. The minimum atomic E-state index is -0.549. The topological polar surface area (TPSA) is 113 Å². The van der Waals surface area contributed by atoms with Crippen LogP contribution < -0.4 is 21.9 Å². The van der Waals surface area contributed by atoms with Crippen molar-refractivity contribution >= 4 is 28.4 Å². The van der Waals surface area contributed by atoms with Gasteiger partial charge in [0.15, 0.2) is 0 Å². The third-order valence-electron chi connectivity index (χ3n) is 4.81. The van der Waals surface area contributed by atoms with Crippen molar-refractivity contribution in [3.05, 3.63) is 74.9 Å². The number of aromatic amines is 1. The Labute approximate surface area is 165 Å². The van der Waals surface area contributed by atoms with Gasteiger partial charge in [-0.15, -0.1) is 0 Å². The van der Waals surface area contributed by atoms with Crippen LogP contribution in [0.2, 0.25) is 0 Å². The number of H-pyrrole nitrogens is 1. The van der Waals surface area contributed by atoms with E-state index in [0.717, 1.165) is 12.8 Å². The minimum Gasteiger partial charge on any atom is -0.349 e. The van der Waals surface area contributed by atoms with Crippen molar-refractivity contribution < 1.29 is 9.59 Å². The molecule has 0 bridgehead atoms. The summed E-state index contributed by atoms with van der Waals surface area (Å²) in [6.07, 6.45) is 2.10. The smallest absolute Gasteiger partial charge is 0.328 e. The highest BCUT2D eigenvalue weighted by atomic mass is 16.2. The second-order valence-corrected chi connectivity index (χ2v) is 7.05. The molecule has 2 amide bonds. The van der Waals surface area contributed by atoms with Crippen LogP contribution in [0.4, 0.5) is 5.69 Å². The summed E-state index contributed by atoms with van der Waals surface area (Å²) < 4.78 is 1.38. The zero-order valence-corrected chi connectivity index (χ0v) is 15.6. The first-order chi connectivity index (χ1) is 14.0. The molecule has 1 aliphatic carbocycles. The number of hydrogen-bond acceptors (Lipinski definition) is 4. The second-order valence-electron chi connectivity index (χ2n) is 7.05. The van der Waals surface area contributed by atoms with Crippen LogP contribution in [-0.2, 0) is 11.3 Å². The van der Waals surface area contributed by atoms with E-state index < -0.39 is 11.2 Å². The highest BCUT2D eigenvalue weighted by Gasteiger charge is 2.23. The molecule has 0 radical (unpaired) electrons. The van der Waals surface area contributed by atoms with Crippen LogP contribution in [0.3, 0.4) is 0 Å². The number of aryl methyl sites for hydroxylation is 1. The Bertz CT molecular complexity index is 1190. The standard InChI is InChI=1S/C21H20N4O4/c26-18(22-14-7-5-13(6-8-14)19(27)23-15-9-10-15)11-12-25-17-4-2-1-3-16(17)20(28)24-21(25)29/h1-8,15H,9-12H2,(H,22,26)(H,23,27)(H,24,28,29). The molecule has 0 aliphatic heterocycles. The van der Waals surface area contributed by atoms with Crippen molar-refractivity contribution in [2.24, 2.45) is 0 Å². The Morgan fingerprint density at radius 1 is 1.03 bits per heavy atom. The van der Waals surface area contributed by atoms with Gasteiger partial charge in [-0.05, 0) is 49.2 Å². The van der Waals surface area contributed by atoms with E-state index in [9.17, 15) is 19.2 Å². The Kier molecular flexibility index (Phi) is 4.99. The number of para-hydroxylation sites is 1. The summed E-state index contributed by atoms with van der Waals surface area (Å²) in [7, 11) is 0. The molecule has 1 saturated carbocycles. The van der Waals surface area contributed by atoms with Gasteiger partial charge in [0.25, 0.3) is 11.5 Å². The van der Waals surface area contributed by atoms with E-state index >= 15 is 0 Å². The van der Waals surface area contributed by atoms with Crippen molar-refractivity contribution in [3.8, 4) is 0 Å². The van der Waals surface area contributed by atoms with Crippen LogP contribution in [-0.4, -0.2) is 27.4 Å². The molecule has 0 spiro atoms. The largest absolute Gasteiger partial charge is 0.349 e. The van der Waals surface area contributed by atoms with Crippen molar-refractivity contribution in [1.29, 1.82) is 0 Å². The van der Waals surface area contributed by atoms with Crippen molar-refractivity contribution in [1.82, 2.24) is 14.9 Å².